The second kappa shape index (κ2) is 4.98. The molecule has 0 N–H and O–H groups in total. The summed E-state index contributed by atoms with van der Waals surface area (Å²) in [5.74, 6) is 1.54. The first-order chi connectivity index (χ1) is 9.61. The molecular weight excluding hydrogens is 280 g/mol. The summed E-state index contributed by atoms with van der Waals surface area (Å²) in [6, 6.07) is 3.74. The molecule has 0 saturated carbocycles. The van der Waals surface area contributed by atoms with Crippen LogP contribution in [0.1, 0.15) is 30.2 Å². The van der Waals surface area contributed by atoms with E-state index in [0.29, 0.717) is 16.7 Å². The Labute approximate surface area is 121 Å². The highest BCUT2D eigenvalue weighted by Gasteiger charge is 2.33. The second-order valence-electron chi connectivity index (χ2n) is 4.89. The molecule has 0 radical (unpaired) electrons. The van der Waals surface area contributed by atoms with Crippen LogP contribution in [0, 0.1) is 6.92 Å². The molecule has 6 heteroatoms. The molecule has 0 aliphatic carbocycles. The lowest BCUT2D eigenvalue weighted by molar-refractivity contribution is -0.143. The van der Waals surface area contributed by atoms with E-state index in [1.165, 1.54) is 7.11 Å². The number of imidazole rings is 1. The standard InChI is InChI=1S/C14H15ClN2O3/c1-8-5-6-10(20-8)13-16-12(15)11-9(14(18)19-2)4-3-7-17(11)13/h5-6,9H,3-4,7H2,1-2H3. The Bertz CT molecular complexity index is 659. The quantitative estimate of drug-likeness (QED) is 0.798. The average molecular weight is 295 g/mol. The number of furan rings is 1. The molecule has 3 rings (SSSR count). The highest BCUT2D eigenvalue weighted by atomic mass is 35.5. The van der Waals surface area contributed by atoms with E-state index < -0.39 is 0 Å². The predicted octanol–water partition coefficient (Wildman–Crippen LogP) is 3.16. The van der Waals surface area contributed by atoms with Gasteiger partial charge < -0.3 is 13.7 Å². The lowest BCUT2D eigenvalue weighted by atomic mass is 9.96. The van der Waals surface area contributed by atoms with Gasteiger partial charge in [0.15, 0.2) is 16.7 Å². The average Bonchev–Trinajstić information content (AvgIpc) is 3.02. The zero-order valence-corrected chi connectivity index (χ0v) is 12.1. The predicted molar refractivity (Wildman–Crippen MR) is 73.7 cm³/mol. The summed E-state index contributed by atoms with van der Waals surface area (Å²) < 4.78 is 12.4. The molecule has 20 heavy (non-hydrogen) atoms. The summed E-state index contributed by atoms with van der Waals surface area (Å²) in [5.41, 5.74) is 0.730. The number of fused-ring (bicyclic) bond motifs is 1. The summed E-state index contributed by atoms with van der Waals surface area (Å²) in [6.07, 6.45) is 1.61. The van der Waals surface area contributed by atoms with E-state index in [1.807, 2.05) is 23.6 Å². The number of ether oxygens (including phenoxy) is 1. The lowest BCUT2D eigenvalue weighted by Gasteiger charge is -2.23. The van der Waals surface area contributed by atoms with Crippen molar-refractivity contribution in [2.45, 2.75) is 32.2 Å². The van der Waals surface area contributed by atoms with Gasteiger partial charge in [-0.1, -0.05) is 11.6 Å². The number of hydrogen-bond acceptors (Lipinski definition) is 4. The van der Waals surface area contributed by atoms with Crippen LogP contribution in [0.2, 0.25) is 5.15 Å². The van der Waals surface area contributed by atoms with Gasteiger partial charge in [0.2, 0.25) is 0 Å². The van der Waals surface area contributed by atoms with Crippen LogP contribution >= 0.6 is 11.6 Å². The number of carbonyl (C=O) groups excluding carboxylic acids is 1. The van der Waals surface area contributed by atoms with Gasteiger partial charge in [0.25, 0.3) is 0 Å². The molecule has 0 fully saturated rings. The van der Waals surface area contributed by atoms with Gasteiger partial charge in [-0.15, -0.1) is 0 Å². The van der Waals surface area contributed by atoms with Crippen molar-refractivity contribution < 1.29 is 13.9 Å². The van der Waals surface area contributed by atoms with Gasteiger partial charge in [-0.2, -0.15) is 0 Å². The molecule has 1 aliphatic rings. The first-order valence-electron chi connectivity index (χ1n) is 6.52. The third-order valence-electron chi connectivity index (χ3n) is 3.61. The van der Waals surface area contributed by atoms with Crippen molar-refractivity contribution in [2.75, 3.05) is 7.11 Å². The fourth-order valence-corrected chi connectivity index (χ4v) is 3.01. The van der Waals surface area contributed by atoms with Crippen molar-refractivity contribution >= 4 is 17.6 Å². The molecule has 106 valence electrons. The Morgan fingerprint density at radius 2 is 2.35 bits per heavy atom. The molecule has 0 saturated heterocycles. The van der Waals surface area contributed by atoms with E-state index in [9.17, 15) is 4.79 Å². The van der Waals surface area contributed by atoms with Gasteiger partial charge in [0.1, 0.15) is 11.7 Å². The van der Waals surface area contributed by atoms with Gasteiger partial charge in [-0.3, -0.25) is 4.79 Å². The number of aromatic nitrogens is 2. The largest absolute Gasteiger partial charge is 0.469 e. The van der Waals surface area contributed by atoms with E-state index in [4.69, 9.17) is 20.8 Å². The van der Waals surface area contributed by atoms with Gasteiger partial charge in [0, 0.05) is 6.54 Å². The summed E-state index contributed by atoms with van der Waals surface area (Å²) in [5, 5.41) is 0.351. The summed E-state index contributed by atoms with van der Waals surface area (Å²) in [6.45, 7) is 2.65. The van der Waals surface area contributed by atoms with E-state index in [2.05, 4.69) is 4.98 Å². The van der Waals surface area contributed by atoms with E-state index in [0.717, 1.165) is 30.8 Å². The SMILES string of the molecule is COC(=O)C1CCCn2c(-c3ccc(C)o3)nc(Cl)c21. The summed E-state index contributed by atoms with van der Waals surface area (Å²) in [4.78, 5) is 16.3. The minimum atomic E-state index is -0.349. The van der Waals surface area contributed by atoms with Crippen LogP contribution in [0.4, 0.5) is 0 Å². The summed E-state index contributed by atoms with van der Waals surface area (Å²) >= 11 is 6.23. The normalized spacial score (nSPS) is 17.9. The number of rotatable bonds is 2. The van der Waals surface area contributed by atoms with Gasteiger partial charge in [-0.05, 0) is 31.9 Å². The highest BCUT2D eigenvalue weighted by molar-refractivity contribution is 6.30. The maximum absolute atomic E-state index is 11.9. The Balaban J connectivity index is 2.11. The van der Waals surface area contributed by atoms with Crippen molar-refractivity contribution in [2.24, 2.45) is 0 Å². The molecule has 3 heterocycles. The minimum absolute atomic E-state index is 0.269. The number of methoxy groups -OCH3 is 1. The van der Waals surface area contributed by atoms with Crippen molar-refractivity contribution in [3.05, 3.63) is 28.7 Å². The van der Waals surface area contributed by atoms with Crippen LogP contribution < -0.4 is 0 Å². The van der Waals surface area contributed by atoms with Crippen molar-refractivity contribution in [1.82, 2.24) is 9.55 Å². The minimum Gasteiger partial charge on any atom is -0.469 e. The summed E-state index contributed by atoms with van der Waals surface area (Å²) in [7, 11) is 1.39. The molecule has 0 aromatic carbocycles. The Morgan fingerprint density at radius 1 is 1.55 bits per heavy atom. The number of esters is 1. The van der Waals surface area contributed by atoms with E-state index in [1.54, 1.807) is 0 Å². The fourth-order valence-electron chi connectivity index (χ4n) is 2.70. The second-order valence-corrected chi connectivity index (χ2v) is 5.25. The van der Waals surface area contributed by atoms with Gasteiger partial charge in [0.05, 0.1) is 12.8 Å². The van der Waals surface area contributed by atoms with Crippen LogP contribution in [0.15, 0.2) is 16.5 Å². The van der Waals surface area contributed by atoms with Gasteiger partial charge in [-0.25, -0.2) is 4.98 Å². The molecule has 2 aromatic rings. The molecule has 1 unspecified atom stereocenters. The zero-order chi connectivity index (χ0) is 14.3. The first kappa shape index (κ1) is 13.2. The fraction of sp³-hybridized carbons (Fsp3) is 0.429. The number of hydrogen-bond donors (Lipinski definition) is 0. The monoisotopic (exact) mass is 294 g/mol. The number of aryl methyl sites for hydroxylation is 1. The number of halogens is 1. The van der Waals surface area contributed by atoms with E-state index >= 15 is 0 Å². The highest BCUT2D eigenvalue weighted by Crippen LogP contribution is 2.37. The maximum atomic E-state index is 11.9. The molecule has 1 atom stereocenters. The van der Waals surface area contributed by atoms with Crippen molar-refractivity contribution in [3.8, 4) is 11.6 Å². The molecule has 0 spiro atoms. The number of carbonyl (C=O) groups is 1. The molecule has 2 aromatic heterocycles. The van der Waals surface area contributed by atoms with Crippen LogP contribution in [-0.2, 0) is 16.1 Å². The number of nitrogens with zero attached hydrogens (tertiary/aromatic N) is 2. The van der Waals surface area contributed by atoms with Crippen molar-refractivity contribution in [1.29, 1.82) is 0 Å². The Kier molecular flexibility index (Phi) is 3.30. The van der Waals surface area contributed by atoms with Crippen molar-refractivity contribution in [3.63, 3.8) is 0 Å². The van der Waals surface area contributed by atoms with Gasteiger partial charge >= 0.3 is 5.97 Å². The Morgan fingerprint density at radius 3 is 3.00 bits per heavy atom. The molecule has 5 nitrogen and oxygen atoms in total. The van der Waals surface area contributed by atoms with Crippen LogP contribution in [-0.4, -0.2) is 22.6 Å². The van der Waals surface area contributed by atoms with E-state index in [-0.39, 0.29) is 11.9 Å². The lowest BCUT2D eigenvalue weighted by Crippen LogP contribution is -2.23. The van der Waals surface area contributed by atoms with Crippen LogP contribution in [0.25, 0.3) is 11.6 Å². The maximum Gasteiger partial charge on any atom is 0.314 e. The third kappa shape index (κ3) is 2.02. The molecule has 0 bridgehead atoms. The topological polar surface area (TPSA) is 57.3 Å². The zero-order valence-electron chi connectivity index (χ0n) is 11.4. The van der Waals surface area contributed by atoms with Crippen LogP contribution in [0.5, 0.6) is 0 Å². The first-order valence-corrected chi connectivity index (χ1v) is 6.90. The Hall–Kier alpha value is -1.75. The molecular formula is C14H15ClN2O3. The third-order valence-corrected chi connectivity index (χ3v) is 3.89. The molecule has 1 aliphatic heterocycles. The molecule has 0 amide bonds. The smallest absolute Gasteiger partial charge is 0.314 e. The van der Waals surface area contributed by atoms with Crippen LogP contribution in [0.3, 0.4) is 0 Å².